The average molecular weight is 394 g/mol. The first kappa shape index (κ1) is 20.1. The number of carbonyl (C=O) groups is 1. The first-order valence-electron chi connectivity index (χ1n) is 8.99. The van der Waals surface area contributed by atoms with Gasteiger partial charge in [-0.1, -0.05) is 6.07 Å². The molecule has 0 bridgehead atoms. The molecule has 0 aliphatic rings. The monoisotopic (exact) mass is 394 g/mol. The largest absolute Gasteiger partial charge is 0.497 e. The van der Waals surface area contributed by atoms with E-state index in [2.05, 4.69) is 15.4 Å². The topological polar surface area (TPSA) is 95.3 Å². The van der Waals surface area contributed by atoms with Gasteiger partial charge in [0.05, 0.1) is 14.2 Å². The summed E-state index contributed by atoms with van der Waals surface area (Å²) >= 11 is 0. The quantitative estimate of drug-likeness (QED) is 0.691. The fraction of sp³-hybridized carbons (Fsp3) is 0.238. The van der Waals surface area contributed by atoms with Crippen molar-refractivity contribution in [2.24, 2.45) is 0 Å². The fourth-order valence-electron chi connectivity index (χ4n) is 2.79. The van der Waals surface area contributed by atoms with Crippen LogP contribution in [-0.4, -0.2) is 34.9 Å². The Bertz CT molecular complexity index is 1080. The summed E-state index contributed by atoms with van der Waals surface area (Å²) < 4.78 is 11.6. The zero-order chi connectivity index (χ0) is 21.0. The van der Waals surface area contributed by atoms with Crippen LogP contribution in [-0.2, 0) is 4.79 Å². The van der Waals surface area contributed by atoms with Gasteiger partial charge >= 0.3 is 0 Å². The number of carbonyl (C=O) groups excluding carboxylic acids is 1. The second kappa shape index (κ2) is 8.55. The van der Waals surface area contributed by atoms with Crippen molar-refractivity contribution in [2.75, 3.05) is 19.5 Å². The van der Waals surface area contributed by atoms with Crippen molar-refractivity contribution < 1.29 is 14.3 Å². The average Bonchev–Trinajstić information content (AvgIpc) is 2.73. The maximum Gasteiger partial charge on any atom is 0.271 e. The summed E-state index contributed by atoms with van der Waals surface area (Å²) in [7, 11) is 3.05. The Balaban J connectivity index is 1.95. The van der Waals surface area contributed by atoms with Gasteiger partial charge in [0.25, 0.3) is 5.56 Å². The van der Waals surface area contributed by atoms with Gasteiger partial charge in [-0.15, -0.1) is 0 Å². The van der Waals surface area contributed by atoms with Gasteiger partial charge in [0.2, 0.25) is 5.91 Å². The van der Waals surface area contributed by atoms with Crippen LogP contribution in [0.1, 0.15) is 18.7 Å². The van der Waals surface area contributed by atoms with Crippen LogP contribution in [0.3, 0.4) is 0 Å². The van der Waals surface area contributed by atoms with E-state index in [1.54, 1.807) is 50.4 Å². The molecule has 1 aromatic carbocycles. The van der Waals surface area contributed by atoms with E-state index in [9.17, 15) is 9.59 Å². The SMILES string of the molecule is COc1ccc(-c2nn(C(C)C(=O)Nc3cccc(C)n3)c(=O)cc2OC)cc1. The molecule has 0 saturated heterocycles. The number of ether oxygens (including phenoxy) is 2. The third kappa shape index (κ3) is 4.43. The van der Waals surface area contributed by atoms with E-state index in [0.29, 0.717) is 23.0 Å². The molecular weight excluding hydrogens is 372 g/mol. The molecule has 0 saturated carbocycles. The summed E-state index contributed by atoms with van der Waals surface area (Å²) in [4.78, 5) is 29.5. The van der Waals surface area contributed by atoms with Crippen molar-refractivity contribution >= 4 is 11.7 Å². The maximum absolute atomic E-state index is 12.7. The summed E-state index contributed by atoms with van der Waals surface area (Å²) in [5, 5.41) is 7.12. The summed E-state index contributed by atoms with van der Waals surface area (Å²) in [6.45, 7) is 3.43. The van der Waals surface area contributed by atoms with Crippen LogP contribution in [0, 0.1) is 6.92 Å². The molecule has 1 N–H and O–H groups in total. The van der Waals surface area contributed by atoms with Gasteiger partial charge in [0, 0.05) is 17.3 Å². The first-order chi connectivity index (χ1) is 13.9. The highest BCUT2D eigenvalue weighted by molar-refractivity contribution is 5.92. The Morgan fingerprint density at radius 1 is 1.10 bits per heavy atom. The number of pyridine rings is 1. The van der Waals surface area contributed by atoms with Gasteiger partial charge in [0.1, 0.15) is 23.3 Å². The third-order valence-electron chi connectivity index (χ3n) is 4.39. The van der Waals surface area contributed by atoms with Crippen LogP contribution < -0.4 is 20.3 Å². The highest BCUT2D eigenvalue weighted by Crippen LogP contribution is 2.28. The molecule has 2 aromatic heterocycles. The summed E-state index contributed by atoms with van der Waals surface area (Å²) in [5.74, 6) is 1.03. The number of benzene rings is 1. The molecule has 3 aromatic rings. The Morgan fingerprint density at radius 3 is 2.45 bits per heavy atom. The molecule has 150 valence electrons. The molecular formula is C21H22N4O4. The minimum Gasteiger partial charge on any atom is -0.497 e. The van der Waals surface area contributed by atoms with Crippen LogP contribution in [0.5, 0.6) is 11.5 Å². The molecule has 2 heterocycles. The highest BCUT2D eigenvalue weighted by atomic mass is 16.5. The van der Waals surface area contributed by atoms with E-state index in [1.165, 1.54) is 13.2 Å². The molecule has 3 rings (SSSR count). The van der Waals surface area contributed by atoms with Crippen molar-refractivity contribution in [3.63, 3.8) is 0 Å². The summed E-state index contributed by atoms with van der Waals surface area (Å²) in [5.41, 5.74) is 1.50. The normalized spacial score (nSPS) is 11.6. The predicted molar refractivity (Wildman–Crippen MR) is 109 cm³/mol. The number of rotatable bonds is 6. The van der Waals surface area contributed by atoms with E-state index in [4.69, 9.17) is 9.47 Å². The van der Waals surface area contributed by atoms with Crippen LogP contribution in [0.4, 0.5) is 5.82 Å². The van der Waals surface area contributed by atoms with E-state index < -0.39 is 17.5 Å². The smallest absolute Gasteiger partial charge is 0.271 e. The summed E-state index contributed by atoms with van der Waals surface area (Å²) in [6.07, 6.45) is 0. The molecule has 0 aliphatic heterocycles. The second-order valence-electron chi connectivity index (χ2n) is 6.40. The first-order valence-corrected chi connectivity index (χ1v) is 8.99. The second-order valence-corrected chi connectivity index (χ2v) is 6.40. The lowest BCUT2D eigenvalue weighted by molar-refractivity contribution is -0.119. The number of amides is 1. The Hall–Kier alpha value is -3.68. The van der Waals surface area contributed by atoms with Gasteiger partial charge in [-0.25, -0.2) is 9.67 Å². The Labute approximate surface area is 168 Å². The van der Waals surface area contributed by atoms with E-state index in [-0.39, 0.29) is 0 Å². The number of hydrogen-bond donors (Lipinski definition) is 1. The van der Waals surface area contributed by atoms with Gasteiger partial charge in [-0.2, -0.15) is 5.10 Å². The number of nitrogens with zero attached hydrogens (tertiary/aromatic N) is 3. The number of nitrogens with one attached hydrogen (secondary N) is 1. The van der Waals surface area contributed by atoms with Crippen LogP contribution in [0.25, 0.3) is 11.3 Å². The van der Waals surface area contributed by atoms with Crippen LogP contribution in [0.15, 0.2) is 53.3 Å². The van der Waals surface area contributed by atoms with Crippen molar-refractivity contribution in [1.29, 1.82) is 0 Å². The van der Waals surface area contributed by atoms with Crippen LogP contribution >= 0.6 is 0 Å². The molecule has 1 amide bonds. The Kier molecular flexibility index (Phi) is 5.92. The van der Waals surface area contributed by atoms with Crippen molar-refractivity contribution in [3.05, 3.63) is 64.6 Å². The molecule has 1 unspecified atom stereocenters. The zero-order valence-electron chi connectivity index (χ0n) is 16.7. The lowest BCUT2D eigenvalue weighted by atomic mass is 10.1. The van der Waals surface area contributed by atoms with Crippen LogP contribution in [0.2, 0.25) is 0 Å². The third-order valence-corrected chi connectivity index (χ3v) is 4.39. The van der Waals surface area contributed by atoms with Crippen molar-refractivity contribution in [3.8, 4) is 22.8 Å². The highest BCUT2D eigenvalue weighted by Gasteiger charge is 2.21. The van der Waals surface area contributed by atoms with Gasteiger partial charge < -0.3 is 14.8 Å². The number of anilines is 1. The molecule has 0 aliphatic carbocycles. The predicted octanol–water partition coefficient (Wildman–Crippen LogP) is 2.83. The van der Waals surface area contributed by atoms with E-state index in [1.807, 2.05) is 13.0 Å². The van der Waals surface area contributed by atoms with Crippen molar-refractivity contribution in [1.82, 2.24) is 14.8 Å². The molecule has 29 heavy (non-hydrogen) atoms. The van der Waals surface area contributed by atoms with Gasteiger partial charge in [-0.05, 0) is 50.2 Å². The lowest BCUT2D eigenvalue weighted by Gasteiger charge is -2.16. The van der Waals surface area contributed by atoms with Crippen molar-refractivity contribution in [2.45, 2.75) is 19.9 Å². The summed E-state index contributed by atoms with van der Waals surface area (Å²) in [6, 6.07) is 13.0. The van der Waals surface area contributed by atoms with Gasteiger partial charge in [0.15, 0.2) is 5.75 Å². The number of aryl methyl sites for hydroxylation is 1. The Morgan fingerprint density at radius 2 is 1.83 bits per heavy atom. The molecule has 0 fully saturated rings. The maximum atomic E-state index is 12.7. The number of aromatic nitrogens is 3. The molecule has 1 atom stereocenters. The lowest BCUT2D eigenvalue weighted by Crippen LogP contribution is -2.33. The number of hydrogen-bond acceptors (Lipinski definition) is 6. The fourth-order valence-corrected chi connectivity index (χ4v) is 2.79. The molecule has 8 nitrogen and oxygen atoms in total. The minimum absolute atomic E-state index is 0.323. The van der Waals surface area contributed by atoms with E-state index >= 15 is 0 Å². The number of methoxy groups -OCH3 is 2. The standard InChI is InChI=1S/C21H22N4O4/c1-13-6-5-7-18(22-13)23-21(27)14(2)25-19(26)12-17(29-4)20(24-25)15-8-10-16(28-3)11-9-15/h5-12,14H,1-4H3,(H,22,23,27). The molecule has 8 heteroatoms. The van der Waals surface area contributed by atoms with E-state index in [0.717, 1.165) is 15.9 Å². The minimum atomic E-state index is -0.854. The molecule has 0 spiro atoms. The zero-order valence-corrected chi connectivity index (χ0v) is 16.7. The molecule has 0 radical (unpaired) electrons. The van der Waals surface area contributed by atoms with Gasteiger partial charge in [-0.3, -0.25) is 9.59 Å².